The summed E-state index contributed by atoms with van der Waals surface area (Å²) in [6, 6.07) is 24.7. The number of carbonyl (C=O) groups is 2. The molecule has 0 aromatic heterocycles. The maximum Gasteiger partial charge on any atom is 0.265 e. The summed E-state index contributed by atoms with van der Waals surface area (Å²) in [6.45, 7) is 0. The number of nitrogens with zero attached hydrogens (tertiary/aromatic N) is 1. The summed E-state index contributed by atoms with van der Waals surface area (Å²) in [6.07, 6.45) is 0. The Kier molecular flexibility index (Phi) is 4.87. The highest BCUT2D eigenvalue weighted by Crippen LogP contribution is 2.28. The van der Waals surface area contributed by atoms with E-state index in [1.807, 2.05) is 18.2 Å². The first-order valence-electron chi connectivity index (χ1n) is 7.42. The van der Waals surface area contributed by atoms with E-state index in [9.17, 15) is 9.59 Å². The fourth-order valence-electron chi connectivity index (χ4n) is 2.36. The van der Waals surface area contributed by atoms with Crippen LogP contribution in [0.5, 0.6) is 0 Å². The molecule has 0 atom stereocenters. The van der Waals surface area contributed by atoms with Crippen LogP contribution in [0, 0.1) is 0 Å². The molecule has 3 rings (SSSR count). The average molecular weight is 380 g/mol. The Morgan fingerprint density at radius 1 is 0.625 bits per heavy atom. The molecule has 24 heavy (non-hydrogen) atoms. The molecule has 0 fully saturated rings. The second-order valence-corrected chi connectivity index (χ2v) is 5.98. The number of imide groups is 1. The van der Waals surface area contributed by atoms with Crippen molar-refractivity contribution >= 4 is 33.4 Å². The lowest BCUT2D eigenvalue weighted by Gasteiger charge is -2.22. The molecule has 0 unspecified atom stereocenters. The molecule has 0 aliphatic rings. The highest BCUT2D eigenvalue weighted by atomic mass is 79.9. The van der Waals surface area contributed by atoms with Crippen molar-refractivity contribution in [1.82, 2.24) is 0 Å². The van der Waals surface area contributed by atoms with E-state index in [1.54, 1.807) is 66.7 Å². The number of hydrogen-bond donors (Lipinski definition) is 0. The number of carbonyl (C=O) groups excluding carboxylic acids is 2. The van der Waals surface area contributed by atoms with Gasteiger partial charge in [-0.05, 0) is 52.3 Å². The number of halogens is 1. The molecule has 0 radical (unpaired) electrons. The Hall–Kier alpha value is -2.72. The van der Waals surface area contributed by atoms with Crippen molar-refractivity contribution in [3.8, 4) is 0 Å². The monoisotopic (exact) mass is 379 g/mol. The fraction of sp³-hybridized carbons (Fsp3) is 0. The minimum Gasteiger partial charge on any atom is -0.268 e. The second-order valence-electron chi connectivity index (χ2n) is 5.13. The van der Waals surface area contributed by atoms with Crippen molar-refractivity contribution in [3.63, 3.8) is 0 Å². The Balaban J connectivity index is 2.10. The minimum atomic E-state index is -0.364. The third kappa shape index (κ3) is 3.29. The molecular weight excluding hydrogens is 366 g/mol. The van der Waals surface area contributed by atoms with E-state index in [-0.39, 0.29) is 11.8 Å². The van der Waals surface area contributed by atoms with Crippen LogP contribution in [-0.2, 0) is 0 Å². The van der Waals surface area contributed by atoms with Crippen molar-refractivity contribution in [2.75, 3.05) is 4.90 Å². The molecule has 2 amide bonds. The first kappa shape index (κ1) is 16.1. The molecule has 0 heterocycles. The molecule has 0 saturated heterocycles. The zero-order chi connectivity index (χ0) is 16.9. The van der Waals surface area contributed by atoms with Crippen LogP contribution in [0.3, 0.4) is 0 Å². The van der Waals surface area contributed by atoms with Crippen LogP contribution in [0.25, 0.3) is 0 Å². The largest absolute Gasteiger partial charge is 0.268 e. The summed E-state index contributed by atoms with van der Waals surface area (Å²) in [4.78, 5) is 27.2. The number of benzene rings is 3. The van der Waals surface area contributed by atoms with Crippen LogP contribution in [-0.4, -0.2) is 11.8 Å². The molecule has 3 aromatic carbocycles. The number of amides is 2. The van der Waals surface area contributed by atoms with Gasteiger partial charge in [-0.25, -0.2) is 4.90 Å². The van der Waals surface area contributed by atoms with Gasteiger partial charge in [0.1, 0.15) is 0 Å². The van der Waals surface area contributed by atoms with Crippen LogP contribution in [0.4, 0.5) is 5.69 Å². The summed E-state index contributed by atoms with van der Waals surface area (Å²) in [5.74, 6) is -0.729. The number of rotatable bonds is 3. The van der Waals surface area contributed by atoms with Crippen molar-refractivity contribution in [2.24, 2.45) is 0 Å². The van der Waals surface area contributed by atoms with E-state index >= 15 is 0 Å². The van der Waals surface area contributed by atoms with Crippen molar-refractivity contribution in [2.45, 2.75) is 0 Å². The van der Waals surface area contributed by atoms with Crippen LogP contribution in [0.2, 0.25) is 0 Å². The molecule has 0 bridgehead atoms. The SMILES string of the molecule is O=C(c1ccccc1)N(C(=O)c1ccccc1)c1ccccc1Br. The first-order chi connectivity index (χ1) is 11.7. The van der Waals surface area contributed by atoms with Gasteiger partial charge in [0.15, 0.2) is 0 Å². The zero-order valence-electron chi connectivity index (χ0n) is 12.7. The normalized spacial score (nSPS) is 10.2. The van der Waals surface area contributed by atoms with Gasteiger partial charge >= 0.3 is 0 Å². The summed E-state index contributed by atoms with van der Waals surface area (Å²) in [5, 5.41) is 0. The molecule has 4 heteroatoms. The van der Waals surface area contributed by atoms with Crippen LogP contribution < -0.4 is 4.90 Å². The average Bonchev–Trinajstić information content (AvgIpc) is 2.64. The predicted molar refractivity (Wildman–Crippen MR) is 98.2 cm³/mol. The topological polar surface area (TPSA) is 37.4 Å². The van der Waals surface area contributed by atoms with Gasteiger partial charge in [0.25, 0.3) is 11.8 Å². The Morgan fingerprint density at radius 3 is 1.50 bits per heavy atom. The molecule has 0 spiro atoms. The van der Waals surface area contributed by atoms with E-state index in [1.165, 1.54) is 4.90 Å². The van der Waals surface area contributed by atoms with Gasteiger partial charge in [-0.2, -0.15) is 0 Å². The highest BCUT2D eigenvalue weighted by molar-refractivity contribution is 9.10. The lowest BCUT2D eigenvalue weighted by molar-refractivity contribution is 0.0897. The van der Waals surface area contributed by atoms with Crippen molar-refractivity contribution in [3.05, 3.63) is 101 Å². The van der Waals surface area contributed by atoms with E-state index < -0.39 is 0 Å². The highest BCUT2D eigenvalue weighted by Gasteiger charge is 2.27. The maximum atomic E-state index is 13.0. The maximum absolute atomic E-state index is 13.0. The number of para-hydroxylation sites is 1. The molecule has 3 aromatic rings. The molecule has 0 aliphatic heterocycles. The molecular formula is C20H14BrNO2. The Morgan fingerprint density at radius 2 is 1.04 bits per heavy atom. The van der Waals surface area contributed by atoms with E-state index in [0.29, 0.717) is 21.3 Å². The standard InChI is InChI=1S/C20H14BrNO2/c21-17-13-7-8-14-18(17)22(19(23)15-9-3-1-4-10-15)20(24)16-11-5-2-6-12-16/h1-14H. The second kappa shape index (κ2) is 7.23. The summed E-state index contributed by atoms with van der Waals surface area (Å²) >= 11 is 3.43. The minimum absolute atomic E-state index is 0.364. The molecule has 0 saturated carbocycles. The summed E-state index contributed by atoms with van der Waals surface area (Å²) in [5.41, 5.74) is 1.43. The number of hydrogen-bond acceptors (Lipinski definition) is 2. The summed E-state index contributed by atoms with van der Waals surface area (Å²) < 4.78 is 0.679. The fourth-order valence-corrected chi connectivity index (χ4v) is 2.83. The van der Waals surface area contributed by atoms with Crippen LogP contribution in [0.1, 0.15) is 20.7 Å². The van der Waals surface area contributed by atoms with Gasteiger partial charge in [-0.1, -0.05) is 48.5 Å². The first-order valence-corrected chi connectivity index (χ1v) is 8.21. The third-order valence-corrected chi connectivity index (χ3v) is 4.21. The van der Waals surface area contributed by atoms with Crippen molar-refractivity contribution < 1.29 is 9.59 Å². The number of anilines is 1. The molecule has 3 nitrogen and oxygen atoms in total. The van der Waals surface area contributed by atoms with Crippen molar-refractivity contribution in [1.29, 1.82) is 0 Å². The predicted octanol–water partition coefficient (Wildman–Crippen LogP) is 4.94. The van der Waals surface area contributed by atoms with Gasteiger partial charge in [-0.15, -0.1) is 0 Å². The molecule has 118 valence electrons. The smallest absolute Gasteiger partial charge is 0.265 e. The summed E-state index contributed by atoms with van der Waals surface area (Å²) in [7, 11) is 0. The zero-order valence-corrected chi connectivity index (χ0v) is 14.3. The Labute approximate surface area is 148 Å². The van der Waals surface area contributed by atoms with E-state index in [0.717, 1.165) is 0 Å². The Bertz CT molecular complexity index is 812. The lowest BCUT2D eigenvalue weighted by Crippen LogP contribution is -2.37. The lowest BCUT2D eigenvalue weighted by atomic mass is 10.1. The van der Waals surface area contributed by atoms with Gasteiger partial charge in [0.2, 0.25) is 0 Å². The quantitative estimate of drug-likeness (QED) is 0.604. The van der Waals surface area contributed by atoms with Gasteiger partial charge in [-0.3, -0.25) is 9.59 Å². The van der Waals surface area contributed by atoms with E-state index in [4.69, 9.17) is 0 Å². The van der Waals surface area contributed by atoms with Gasteiger partial charge < -0.3 is 0 Å². The van der Waals surface area contributed by atoms with Crippen LogP contribution >= 0.6 is 15.9 Å². The molecule has 0 aliphatic carbocycles. The third-order valence-electron chi connectivity index (χ3n) is 3.54. The molecule has 0 N–H and O–H groups in total. The van der Waals surface area contributed by atoms with Crippen LogP contribution in [0.15, 0.2) is 89.4 Å². The van der Waals surface area contributed by atoms with Gasteiger partial charge in [0.05, 0.1) is 5.69 Å². The van der Waals surface area contributed by atoms with E-state index in [2.05, 4.69) is 15.9 Å². The van der Waals surface area contributed by atoms with Gasteiger partial charge in [0, 0.05) is 15.6 Å².